The molecule has 3 nitrogen and oxygen atoms in total. The highest BCUT2D eigenvalue weighted by Crippen LogP contribution is 2.39. The molecule has 1 aromatic carbocycles. The van der Waals surface area contributed by atoms with Crippen LogP contribution in [0, 0.1) is 5.92 Å². The van der Waals surface area contributed by atoms with Crippen molar-refractivity contribution >= 4 is 32.9 Å². The van der Waals surface area contributed by atoms with Crippen LogP contribution in [0.2, 0.25) is 0 Å². The summed E-state index contributed by atoms with van der Waals surface area (Å²) in [5.74, 6) is 0.522. The fourth-order valence-electron chi connectivity index (χ4n) is 3.40. The summed E-state index contributed by atoms with van der Waals surface area (Å²) in [5.41, 5.74) is 17.3. The Balaban J connectivity index is 0.00000208. The molecular weight excluding hydrogens is 386 g/mol. The topological polar surface area (TPSA) is 77.6 Å². The van der Waals surface area contributed by atoms with Crippen molar-refractivity contribution in [1.29, 1.82) is 0 Å². The number of hydrogen-bond donors (Lipinski definition) is 3. The van der Waals surface area contributed by atoms with E-state index in [4.69, 9.17) is 16.9 Å². The van der Waals surface area contributed by atoms with Crippen molar-refractivity contribution in [2.45, 2.75) is 31.7 Å². The number of halogens is 2. The van der Waals surface area contributed by atoms with Gasteiger partial charge in [0.1, 0.15) is 0 Å². The first-order valence-corrected chi connectivity index (χ1v) is 8.87. The van der Waals surface area contributed by atoms with Gasteiger partial charge >= 0.3 is 0 Å². The minimum Gasteiger partial charge on any atom is -1.00 e. The predicted octanol–water partition coefficient (Wildman–Crippen LogP) is -0.407. The molecule has 2 aliphatic rings. The standard InChI is InChI=1S/C19H22BrN3.ClH/c20-17-11-14(5-10-18(17)23)19(12-1-6-15(21)7-2-12)13-3-8-16(22)9-4-13;/h1-2,5-7,10-11,13,16,23H,3-4,8-9,21-22H2;1H/b19-14-,23-18?;. The van der Waals surface area contributed by atoms with Crippen molar-refractivity contribution in [3.8, 4) is 0 Å². The summed E-state index contributed by atoms with van der Waals surface area (Å²) in [7, 11) is 0. The van der Waals surface area contributed by atoms with Crippen LogP contribution in [-0.4, -0.2) is 11.8 Å². The third-order valence-electron chi connectivity index (χ3n) is 4.71. The molecule has 0 unspecified atom stereocenters. The van der Waals surface area contributed by atoms with Gasteiger partial charge < -0.3 is 23.9 Å². The third-order valence-corrected chi connectivity index (χ3v) is 5.40. The number of benzene rings is 1. The molecule has 0 heterocycles. The van der Waals surface area contributed by atoms with E-state index >= 15 is 0 Å². The molecule has 0 atom stereocenters. The fourth-order valence-corrected chi connectivity index (χ4v) is 3.78. The zero-order chi connectivity index (χ0) is 16.4. The minimum atomic E-state index is 0. The van der Waals surface area contributed by atoms with Crippen LogP contribution in [0.4, 0.5) is 5.69 Å². The molecule has 0 amide bonds. The monoisotopic (exact) mass is 407 g/mol. The number of anilines is 1. The molecule has 24 heavy (non-hydrogen) atoms. The van der Waals surface area contributed by atoms with Crippen LogP contribution < -0.4 is 29.3 Å². The van der Waals surface area contributed by atoms with E-state index in [1.807, 2.05) is 18.2 Å². The van der Waals surface area contributed by atoms with Gasteiger partial charge in [0.25, 0.3) is 0 Å². The lowest BCUT2D eigenvalue weighted by Crippen LogP contribution is -3.00. The molecule has 128 valence electrons. The Morgan fingerprint density at radius 1 is 1.04 bits per heavy atom. The van der Waals surface area contributed by atoms with Crippen LogP contribution in [-0.2, 0) is 0 Å². The van der Waals surface area contributed by atoms with Gasteiger partial charge in [-0.3, -0.25) is 5.41 Å². The van der Waals surface area contributed by atoms with Crippen molar-refractivity contribution in [2.24, 2.45) is 11.7 Å². The van der Waals surface area contributed by atoms with Gasteiger partial charge in [-0.1, -0.05) is 12.1 Å². The maximum atomic E-state index is 6.09. The van der Waals surface area contributed by atoms with Crippen LogP contribution >= 0.6 is 15.9 Å². The quantitative estimate of drug-likeness (QED) is 0.582. The zero-order valence-corrected chi connectivity index (χ0v) is 15.9. The van der Waals surface area contributed by atoms with Crippen molar-refractivity contribution in [3.05, 3.63) is 58.1 Å². The van der Waals surface area contributed by atoms with Gasteiger partial charge in [0.05, 0.1) is 4.48 Å². The molecule has 1 saturated carbocycles. The summed E-state index contributed by atoms with van der Waals surface area (Å²) in [5, 5.41) is 5.95. The summed E-state index contributed by atoms with van der Waals surface area (Å²) in [6, 6.07) is 8.51. The van der Waals surface area contributed by atoms with Gasteiger partial charge in [0.15, 0.2) is 0 Å². The second kappa shape index (κ2) is 8.15. The Labute approximate surface area is 157 Å². The van der Waals surface area contributed by atoms with E-state index < -0.39 is 0 Å². The first-order chi connectivity index (χ1) is 11.0. The Hall–Kier alpha value is -1.36. The Bertz CT molecular complexity index is 696. The average Bonchev–Trinajstić information content (AvgIpc) is 2.55. The second-order valence-corrected chi connectivity index (χ2v) is 7.24. The number of nitrogens with two attached hydrogens (primary N) is 3. The van der Waals surface area contributed by atoms with Gasteiger partial charge in [0.2, 0.25) is 5.71 Å². The van der Waals surface area contributed by atoms with Crippen LogP contribution in [0.1, 0.15) is 31.2 Å². The van der Waals surface area contributed by atoms with Gasteiger partial charge in [-0.15, -0.1) is 0 Å². The van der Waals surface area contributed by atoms with Crippen molar-refractivity contribution < 1.29 is 17.8 Å². The SMILES string of the molecule is Nc1ccc(/C(=C2\C=CC(=[NH2+])C(Br)=C2)C2CCC(N)CC2)cc1.[Cl-]. The van der Waals surface area contributed by atoms with E-state index in [0.717, 1.165) is 41.6 Å². The minimum absolute atomic E-state index is 0. The largest absolute Gasteiger partial charge is 1.00 e. The molecule has 0 saturated heterocycles. The molecule has 1 fully saturated rings. The molecule has 3 rings (SSSR count). The molecular formula is C19H23BrClN3. The van der Waals surface area contributed by atoms with E-state index in [9.17, 15) is 0 Å². The number of nitrogen functional groups attached to an aromatic ring is 1. The second-order valence-electron chi connectivity index (χ2n) is 6.38. The molecule has 5 heteroatoms. The molecule has 0 aromatic heterocycles. The zero-order valence-electron chi connectivity index (χ0n) is 13.5. The molecule has 2 aliphatic carbocycles. The van der Waals surface area contributed by atoms with Gasteiger partial charge in [-0.2, -0.15) is 0 Å². The summed E-state index contributed by atoms with van der Waals surface area (Å²) in [4.78, 5) is 0. The lowest BCUT2D eigenvalue weighted by Gasteiger charge is -2.30. The van der Waals surface area contributed by atoms with Crippen molar-refractivity contribution in [1.82, 2.24) is 0 Å². The number of rotatable bonds is 2. The molecule has 0 spiro atoms. The Morgan fingerprint density at radius 2 is 1.67 bits per heavy atom. The maximum Gasteiger partial charge on any atom is 0.211 e. The van der Waals surface area contributed by atoms with Crippen LogP contribution in [0.5, 0.6) is 0 Å². The smallest absolute Gasteiger partial charge is 0.211 e. The number of hydrogen-bond acceptors (Lipinski definition) is 2. The number of allylic oxidation sites excluding steroid dienone is 6. The molecule has 0 bridgehead atoms. The van der Waals surface area contributed by atoms with Crippen molar-refractivity contribution in [3.63, 3.8) is 0 Å². The lowest BCUT2D eigenvalue weighted by atomic mass is 9.77. The Kier molecular flexibility index (Phi) is 6.44. The van der Waals surface area contributed by atoms with E-state index in [0.29, 0.717) is 12.0 Å². The van der Waals surface area contributed by atoms with E-state index in [1.54, 1.807) is 0 Å². The van der Waals surface area contributed by atoms with Crippen LogP contribution in [0.15, 0.2) is 52.5 Å². The highest BCUT2D eigenvalue weighted by Gasteiger charge is 2.25. The van der Waals surface area contributed by atoms with E-state index in [-0.39, 0.29) is 12.4 Å². The van der Waals surface area contributed by atoms with Crippen molar-refractivity contribution in [2.75, 3.05) is 5.73 Å². The highest BCUT2D eigenvalue weighted by atomic mass is 79.9. The van der Waals surface area contributed by atoms with Gasteiger partial charge in [0, 0.05) is 17.8 Å². The van der Waals surface area contributed by atoms with Crippen LogP contribution in [0.3, 0.4) is 0 Å². The highest BCUT2D eigenvalue weighted by molar-refractivity contribution is 9.12. The lowest BCUT2D eigenvalue weighted by molar-refractivity contribution is -0.110. The maximum absolute atomic E-state index is 6.09. The molecule has 6 N–H and O–H groups in total. The normalized spacial score (nSPS) is 25.8. The van der Waals surface area contributed by atoms with Crippen LogP contribution in [0.25, 0.3) is 5.57 Å². The first kappa shape index (κ1) is 19.0. The van der Waals surface area contributed by atoms with E-state index in [2.05, 4.69) is 40.2 Å². The summed E-state index contributed by atoms with van der Waals surface area (Å²) in [6.45, 7) is 0. The third kappa shape index (κ3) is 4.18. The van der Waals surface area contributed by atoms with E-state index in [1.165, 1.54) is 16.7 Å². The van der Waals surface area contributed by atoms with Gasteiger partial charge in [-0.25, -0.2) is 0 Å². The summed E-state index contributed by atoms with van der Waals surface area (Å²) < 4.78 is 0.940. The predicted molar refractivity (Wildman–Crippen MR) is 101 cm³/mol. The summed E-state index contributed by atoms with van der Waals surface area (Å²) in [6.07, 6.45) is 10.6. The first-order valence-electron chi connectivity index (χ1n) is 8.08. The molecule has 0 aliphatic heterocycles. The summed E-state index contributed by atoms with van der Waals surface area (Å²) >= 11 is 3.55. The Morgan fingerprint density at radius 3 is 2.25 bits per heavy atom. The molecule has 1 aromatic rings. The van der Waals surface area contributed by atoms with Gasteiger partial charge in [-0.05, 0) is 88.5 Å². The molecule has 0 radical (unpaired) electrons. The fraction of sp³-hybridized carbons (Fsp3) is 0.316. The average molecular weight is 409 g/mol.